The van der Waals surface area contributed by atoms with Gasteiger partial charge in [-0.2, -0.15) is 4.37 Å². The van der Waals surface area contributed by atoms with Gasteiger partial charge in [-0.15, -0.1) is 0 Å². The average Bonchev–Trinajstić information content (AvgIpc) is 2.90. The van der Waals surface area contributed by atoms with E-state index in [9.17, 15) is 0 Å². The van der Waals surface area contributed by atoms with E-state index in [2.05, 4.69) is 51.8 Å². The molecule has 1 aromatic heterocycles. The van der Waals surface area contributed by atoms with Crippen molar-refractivity contribution in [3.63, 3.8) is 0 Å². The smallest absolute Gasteiger partial charge is 0.170 e. The fraction of sp³-hybridized carbons (Fsp3) is 0.200. The largest absolute Gasteiger partial charge is 0.323 e. The molecule has 1 heterocycles. The van der Waals surface area contributed by atoms with Crippen LogP contribution in [0.2, 0.25) is 0 Å². The zero-order valence-corrected chi connectivity index (χ0v) is 12.7. The number of rotatable bonds is 4. The topological polar surface area (TPSA) is 51.8 Å². The molecule has 2 N–H and O–H groups in total. The first-order valence-corrected chi connectivity index (χ1v) is 8.15. The minimum Gasteiger partial charge on any atom is -0.323 e. The first-order chi connectivity index (χ1) is 9.72. The lowest BCUT2D eigenvalue weighted by Gasteiger charge is -2.11. The van der Waals surface area contributed by atoms with Crippen LogP contribution in [0, 0.1) is 6.92 Å². The number of aryl methyl sites for hydroxylation is 1. The van der Waals surface area contributed by atoms with Gasteiger partial charge >= 0.3 is 0 Å². The van der Waals surface area contributed by atoms with E-state index in [4.69, 9.17) is 5.73 Å². The predicted molar refractivity (Wildman–Crippen MR) is 86.2 cm³/mol. The lowest BCUT2D eigenvalue weighted by atomic mass is 10.0. The van der Waals surface area contributed by atoms with Crippen molar-refractivity contribution in [3.05, 3.63) is 53.9 Å². The van der Waals surface area contributed by atoms with Crippen LogP contribution in [0.4, 0.5) is 0 Å². The second-order valence-electron chi connectivity index (χ2n) is 4.63. The van der Waals surface area contributed by atoms with Gasteiger partial charge in [-0.1, -0.05) is 48.2 Å². The third-order valence-electron chi connectivity index (χ3n) is 3.10. The molecule has 0 radical (unpaired) electrons. The maximum Gasteiger partial charge on any atom is 0.170 e. The summed E-state index contributed by atoms with van der Waals surface area (Å²) in [6.07, 6.45) is 0. The van der Waals surface area contributed by atoms with Crippen LogP contribution in [0.25, 0.3) is 10.8 Å². The molecule has 0 aliphatic carbocycles. The van der Waals surface area contributed by atoms with Crippen LogP contribution in [0.15, 0.2) is 46.8 Å². The van der Waals surface area contributed by atoms with E-state index in [0.29, 0.717) is 0 Å². The number of nitrogens with two attached hydrogens (primary N) is 1. The number of thioether (sulfide) groups is 1. The van der Waals surface area contributed by atoms with Gasteiger partial charge in [-0.25, -0.2) is 4.98 Å². The first-order valence-electron chi connectivity index (χ1n) is 6.40. The maximum absolute atomic E-state index is 6.28. The van der Waals surface area contributed by atoms with Gasteiger partial charge in [0.2, 0.25) is 0 Å². The molecule has 0 fully saturated rings. The highest BCUT2D eigenvalue weighted by molar-refractivity contribution is 8.00. The van der Waals surface area contributed by atoms with Crippen molar-refractivity contribution in [2.45, 2.75) is 17.3 Å². The van der Waals surface area contributed by atoms with Crippen molar-refractivity contribution in [1.29, 1.82) is 0 Å². The molecule has 20 heavy (non-hydrogen) atoms. The van der Waals surface area contributed by atoms with Crippen molar-refractivity contribution in [2.24, 2.45) is 5.73 Å². The summed E-state index contributed by atoms with van der Waals surface area (Å²) in [5, 5.41) is 2.48. The third kappa shape index (κ3) is 3.00. The Morgan fingerprint density at radius 2 is 2.00 bits per heavy atom. The quantitative estimate of drug-likeness (QED) is 0.745. The Morgan fingerprint density at radius 3 is 2.75 bits per heavy atom. The predicted octanol–water partition coefficient (Wildman–Crippen LogP) is 3.79. The Bertz CT molecular complexity index is 724. The average molecular weight is 301 g/mol. The van der Waals surface area contributed by atoms with Crippen LogP contribution in [0.5, 0.6) is 0 Å². The highest BCUT2D eigenvalue weighted by Crippen LogP contribution is 2.26. The summed E-state index contributed by atoms with van der Waals surface area (Å²) >= 11 is 3.11. The van der Waals surface area contributed by atoms with Crippen molar-refractivity contribution in [2.75, 3.05) is 5.75 Å². The highest BCUT2D eigenvalue weighted by Gasteiger charge is 2.09. The molecule has 0 bridgehead atoms. The van der Waals surface area contributed by atoms with Crippen molar-refractivity contribution in [3.8, 4) is 0 Å². The van der Waals surface area contributed by atoms with Crippen molar-refractivity contribution < 1.29 is 0 Å². The van der Waals surface area contributed by atoms with Gasteiger partial charge in [-0.05, 0) is 40.9 Å². The molecule has 102 valence electrons. The molecular formula is C15H15N3S2. The van der Waals surface area contributed by atoms with Crippen LogP contribution in [-0.4, -0.2) is 15.1 Å². The van der Waals surface area contributed by atoms with E-state index in [0.717, 1.165) is 21.5 Å². The zero-order valence-electron chi connectivity index (χ0n) is 11.1. The van der Waals surface area contributed by atoms with Crippen molar-refractivity contribution in [1.82, 2.24) is 9.36 Å². The van der Waals surface area contributed by atoms with Crippen LogP contribution >= 0.6 is 23.3 Å². The lowest BCUT2D eigenvalue weighted by Crippen LogP contribution is -2.12. The van der Waals surface area contributed by atoms with Gasteiger partial charge in [0.25, 0.3) is 0 Å². The summed E-state index contributed by atoms with van der Waals surface area (Å²) in [7, 11) is 0. The number of fused-ring (bicyclic) bond motifs is 1. The molecule has 2 aromatic carbocycles. The summed E-state index contributed by atoms with van der Waals surface area (Å²) in [4.78, 5) is 4.34. The van der Waals surface area contributed by atoms with Gasteiger partial charge in [0.15, 0.2) is 4.34 Å². The first kappa shape index (κ1) is 13.5. The molecule has 0 aliphatic heterocycles. The molecule has 3 nitrogen and oxygen atoms in total. The minimum absolute atomic E-state index is 0.00816. The molecule has 3 aromatic rings. The van der Waals surface area contributed by atoms with Gasteiger partial charge in [0.1, 0.15) is 5.82 Å². The highest BCUT2D eigenvalue weighted by atomic mass is 32.2. The molecule has 1 atom stereocenters. The zero-order chi connectivity index (χ0) is 13.9. The van der Waals surface area contributed by atoms with E-state index in [1.807, 2.05) is 6.92 Å². The summed E-state index contributed by atoms with van der Waals surface area (Å²) in [6.45, 7) is 1.91. The minimum atomic E-state index is 0.00816. The SMILES string of the molecule is Cc1nsc(SCC(N)c2ccc3ccccc3c2)n1. The number of hydrogen-bond donors (Lipinski definition) is 1. The second-order valence-corrected chi connectivity index (χ2v) is 6.65. The van der Waals surface area contributed by atoms with E-state index in [-0.39, 0.29) is 6.04 Å². The van der Waals surface area contributed by atoms with Crippen molar-refractivity contribution >= 4 is 34.1 Å². The molecule has 0 saturated carbocycles. The molecule has 3 rings (SSSR count). The normalized spacial score (nSPS) is 12.7. The second kappa shape index (κ2) is 5.91. The third-order valence-corrected chi connectivity index (χ3v) is 5.14. The molecule has 0 saturated heterocycles. The number of aromatic nitrogens is 2. The fourth-order valence-electron chi connectivity index (χ4n) is 2.03. The Kier molecular flexibility index (Phi) is 4.00. The maximum atomic E-state index is 6.28. The fourth-order valence-corrected chi connectivity index (χ4v) is 3.69. The van der Waals surface area contributed by atoms with Gasteiger partial charge in [0.05, 0.1) is 0 Å². The summed E-state index contributed by atoms with van der Waals surface area (Å²) in [6, 6.07) is 14.8. The van der Waals surface area contributed by atoms with Gasteiger partial charge < -0.3 is 5.73 Å². The standard InChI is InChI=1S/C15H15N3S2/c1-10-17-15(20-18-10)19-9-14(16)13-7-6-11-4-2-3-5-12(11)8-13/h2-8,14H,9,16H2,1H3. The van der Waals surface area contributed by atoms with Crippen LogP contribution in [0.3, 0.4) is 0 Å². The summed E-state index contributed by atoms with van der Waals surface area (Å²) in [5.41, 5.74) is 7.44. The van der Waals surface area contributed by atoms with E-state index >= 15 is 0 Å². The molecule has 1 unspecified atom stereocenters. The number of nitrogens with zero attached hydrogens (tertiary/aromatic N) is 2. The lowest BCUT2D eigenvalue weighted by molar-refractivity contribution is 0.832. The van der Waals surface area contributed by atoms with E-state index in [1.54, 1.807) is 11.8 Å². The van der Waals surface area contributed by atoms with Crippen LogP contribution in [-0.2, 0) is 0 Å². The van der Waals surface area contributed by atoms with E-state index in [1.165, 1.54) is 22.3 Å². The number of hydrogen-bond acceptors (Lipinski definition) is 5. The molecule has 5 heteroatoms. The summed E-state index contributed by atoms with van der Waals surface area (Å²) < 4.78 is 5.16. The van der Waals surface area contributed by atoms with Gasteiger partial charge in [0, 0.05) is 11.8 Å². The molecule has 0 aliphatic rings. The Morgan fingerprint density at radius 1 is 1.20 bits per heavy atom. The van der Waals surface area contributed by atoms with E-state index < -0.39 is 0 Å². The Labute approximate surface area is 126 Å². The Balaban J connectivity index is 1.73. The summed E-state index contributed by atoms with van der Waals surface area (Å²) in [5.74, 6) is 1.64. The molecule has 0 spiro atoms. The van der Waals surface area contributed by atoms with Crippen LogP contribution < -0.4 is 5.73 Å². The number of benzene rings is 2. The van der Waals surface area contributed by atoms with Gasteiger partial charge in [-0.3, -0.25) is 0 Å². The Hall–Kier alpha value is -1.43. The van der Waals surface area contributed by atoms with Crippen LogP contribution in [0.1, 0.15) is 17.4 Å². The molecular weight excluding hydrogens is 286 g/mol. The molecule has 0 amide bonds. The monoisotopic (exact) mass is 301 g/mol.